The summed E-state index contributed by atoms with van der Waals surface area (Å²) >= 11 is 0. The van der Waals surface area contributed by atoms with Gasteiger partial charge in [0.05, 0.1) is 26.2 Å². The minimum absolute atomic E-state index is 0.0221. The predicted molar refractivity (Wildman–Crippen MR) is 123 cm³/mol. The monoisotopic (exact) mass is 448 g/mol. The summed E-state index contributed by atoms with van der Waals surface area (Å²) < 4.78 is 24.3. The van der Waals surface area contributed by atoms with Gasteiger partial charge in [-0.2, -0.15) is 0 Å². The van der Waals surface area contributed by atoms with E-state index >= 15 is 0 Å². The molecule has 1 unspecified atom stereocenters. The van der Waals surface area contributed by atoms with Gasteiger partial charge in [0.1, 0.15) is 5.82 Å². The van der Waals surface area contributed by atoms with E-state index < -0.39 is 6.04 Å². The number of amides is 2. The Bertz CT molecular complexity index is 1160. The van der Waals surface area contributed by atoms with Crippen LogP contribution in [0.4, 0.5) is 10.1 Å². The number of nitrogens with one attached hydrogen (secondary N) is 1. The molecule has 1 N–H and O–H groups in total. The van der Waals surface area contributed by atoms with Crippen LogP contribution in [0.3, 0.4) is 0 Å². The van der Waals surface area contributed by atoms with E-state index in [0.29, 0.717) is 35.9 Å². The topological polar surface area (TPSA) is 67.9 Å². The van der Waals surface area contributed by atoms with E-state index in [1.54, 1.807) is 30.2 Å². The van der Waals surface area contributed by atoms with E-state index in [0.717, 1.165) is 11.1 Å². The first-order valence-corrected chi connectivity index (χ1v) is 10.7. The maximum absolute atomic E-state index is 13.2. The van der Waals surface area contributed by atoms with E-state index in [1.165, 1.54) is 24.3 Å². The Labute approximate surface area is 191 Å². The van der Waals surface area contributed by atoms with Crippen molar-refractivity contribution in [2.75, 3.05) is 19.0 Å². The van der Waals surface area contributed by atoms with Gasteiger partial charge in [0, 0.05) is 17.8 Å². The Morgan fingerprint density at radius 1 is 1.09 bits per heavy atom. The molecule has 0 saturated carbocycles. The van der Waals surface area contributed by atoms with E-state index in [1.807, 2.05) is 31.2 Å². The van der Waals surface area contributed by atoms with Crippen molar-refractivity contribution in [1.82, 2.24) is 4.90 Å². The molecule has 0 radical (unpaired) electrons. The van der Waals surface area contributed by atoms with Crippen LogP contribution in [-0.4, -0.2) is 30.4 Å². The van der Waals surface area contributed by atoms with Crippen molar-refractivity contribution in [2.24, 2.45) is 0 Å². The van der Waals surface area contributed by atoms with Gasteiger partial charge in [0.2, 0.25) is 5.91 Å². The van der Waals surface area contributed by atoms with Gasteiger partial charge in [-0.3, -0.25) is 9.59 Å². The molecule has 7 heteroatoms. The maximum Gasteiger partial charge on any atom is 0.255 e. The van der Waals surface area contributed by atoms with E-state index in [2.05, 4.69) is 5.32 Å². The summed E-state index contributed by atoms with van der Waals surface area (Å²) in [7, 11) is 1.55. The Morgan fingerprint density at radius 2 is 1.85 bits per heavy atom. The van der Waals surface area contributed by atoms with Crippen LogP contribution in [0.15, 0.2) is 66.7 Å². The van der Waals surface area contributed by atoms with E-state index in [9.17, 15) is 14.0 Å². The highest BCUT2D eigenvalue weighted by molar-refractivity contribution is 5.99. The first-order valence-electron chi connectivity index (χ1n) is 10.7. The first-order chi connectivity index (χ1) is 16.0. The molecule has 4 rings (SSSR count). The number of rotatable bonds is 8. The first kappa shape index (κ1) is 22.3. The van der Waals surface area contributed by atoms with Crippen LogP contribution in [0.25, 0.3) is 0 Å². The van der Waals surface area contributed by atoms with Gasteiger partial charge >= 0.3 is 0 Å². The number of carbonyl (C=O) groups is 2. The number of hydrogen-bond acceptors (Lipinski definition) is 4. The Kier molecular flexibility index (Phi) is 6.58. The average Bonchev–Trinajstić information content (AvgIpc) is 3.16. The van der Waals surface area contributed by atoms with Crippen molar-refractivity contribution in [3.63, 3.8) is 0 Å². The highest BCUT2D eigenvalue weighted by atomic mass is 19.1. The van der Waals surface area contributed by atoms with Crippen LogP contribution in [0.5, 0.6) is 11.5 Å². The molecule has 1 heterocycles. The lowest BCUT2D eigenvalue weighted by Crippen LogP contribution is -2.32. The van der Waals surface area contributed by atoms with Crippen LogP contribution >= 0.6 is 0 Å². The molecular weight excluding hydrogens is 423 g/mol. The second kappa shape index (κ2) is 9.73. The van der Waals surface area contributed by atoms with Gasteiger partial charge in [-0.15, -0.1) is 0 Å². The van der Waals surface area contributed by atoms with Crippen LogP contribution in [0, 0.1) is 5.82 Å². The SMILES string of the molecule is CCOc1ccc(C(CC(=O)Nc2ccc(F)cc2)N2Cc3ccccc3C2=O)cc1OC. The molecule has 6 nitrogen and oxygen atoms in total. The zero-order valence-electron chi connectivity index (χ0n) is 18.5. The smallest absolute Gasteiger partial charge is 0.255 e. The average molecular weight is 448 g/mol. The lowest BCUT2D eigenvalue weighted by Gasteiger charge is -2.28. The molecule has 3 aromatic rings. The van der Waals surface area contributed by atoms with Crippen LogP contribution < -0.4 is 14.8 Å². The summed E-state index contributed by atoms with van der Waals surface area (Å²) in [6, 6.07) is 17.9. The minimum Gasteiger partial charge on any atom is -0.493 e. The van der Waals surface area contributed by atoms with Crippen LogP contribution in [0.1, 0.15) is 40.9 Å². The zero-order chi connectivity index (χ0) is 23.4. The number of ether oxygens (including phenoxy) is 2. The van der Waals surface area contributed by atoms with Crippen molar-refractivity contribution in [3.8, 4) is 11.5 Å². The molecule has 1 aliphatic rings. The number of nitrogens with zero attached hydrogens (tertiary/aromatic N) is 1. The lowest BCUT2D eigenvalue weighted by atomic mass is 10.0. The Hall–Kier alpha value is -3.87. The fraction of sp³-hybridized carbons (Fsp3) is 0.231. The second-order valence-electron chi connectivity index (χ2n) is 7.71. The van der Waals surface area contributed by atoms with Gasteiger partial charge in [0.15, 0.2) is 11.5 Å². The summed E-state index contributed by atoms with van der Waals surface area (Å²) in [4.78, 5) is 27.9. The summed E-state index contributed by atoms with van der Waals surface area (Å²) in [5.74, 6) is 0.325. The summed E-state index contributed by atoms with van der Waals surface area (Å²) in [6.45, 7) is 2.77. The van der Waals surface area contributed by atoms with Crippen molar-refractivity contribution >= 4 is 17.5 Å². The zero-order valence-corrected chi connectivity index (χ0v) is 18.5. The van der Waals surface area contributed by atoms with Crippen molar-refractivity contribution in [1.29, 1.82) is 0 Å². The largest absolute Gasteiger partial charge is 0.493 e. The molecule has 0 fully saturated rings. The van der Waals surface area contributed by atoms with Crippen molar-refractivity contribution in [3.05, 3.63) is 89.2 Å². The van der Waals surface area contributed by atoms with Crippen LogP contribution in [0.2, 0.25) is 0 Å². The fourth-order valence-corrected chi connectivity index (χ4v) is 4.02. The number of hydrogen-bond donors (Lipinski definition) is 1. The number of benzene rings is 3. The minimum atomic E-state index is -0.532. The van der Waals surface area contributed by atoms with Gasteiger partial charge in [-0.1, -0.05) is 24.3 Å². The summed E-state index contributed by atoms with van der Waals surface area (Å²) in [5, 5.41) is 2.79. The number of methoxy groups -OCH3 is 1. The maximum atomic E-state index is 13.2. The highest BCUT2D eigenvalue weighted by Crippen LogP contribution is 2.37. The second-order valence-corrected chi connectivity index (χ2v) is 7.71. The third-order valence-electron chi connectivity index (χ3n) is 5.60. The Balaban J connectivity index is 1.65. The van der Waals surface area contributed by atoms with Crippen LogP contribution in [-0.2, 0) is 11.3 Å². The molecule has 33 heavy (non-hydrogen) atoms. The van der Waals surface area contributed by atoms with Gasteiger partial charge in [0.25, 0.3) is 5.91 Å². The Morgan fingerprint density at radius 3 is 2.55 bits per heavy atom. The van der Waals surface area contributed by atoms with E-state index in [4.69, 9.17) is 9.47 Å². The fourth-order valence-electron chi connectivity index (χ4n) is 4.02. The molecule has 0 spiro atoms. The molecule has 0 saturated heterocycles. The molecular formula is C26H25FN2O4. The highest BCUT2D eigenvalue weighted by Gasteiger charge is 2.34. The van der Waals surface area contributed by atoms with Crippen molar-refractivity contribution in [2.45, 2.75) is 25.9 Å². The lowest BCUT2D eigenvalue weighted by molar-refractivity contribution is -0.117. The summed E-state index contributed by atoms with van der Waals surface area (Å²) in [5.41, 5.74) is 2.80. The molecule has 0 bridgehead atoms. The third-order valence-corrected chi connectivity index (χ3v) is 5.60. The third kappa shape index (κ3) is 4.82. The van der Waals surface area contributed by atoms with Gasteiger partial charge in [-0.05, 0) is 60.5 Å². The molecule has 1 atom stereocenters. The number of anilines is 1. The van der Waals surface area contributed by atoms with Crippen molar-refractivity contribution < 1.29 is 23.5 Å². The number of fused-ring (bicyclic) bond motifs is 1. The number of halogens is 1. The molecule has 3 aromatic carbocycles. The quantitative estimate of drug-likeness (QED) is 0.529. The van der Waals surface area contributed by atoms with Gasteiger partial charge in [-0.25, -0.2) is 4.39 Å². The van der Waals surface area contributed by atoms with Gasteiger partial charge < -0.3 is 19.7 Å². The standard InChI is InChI=1S/C26H25FN2O4/c1-3-33-23-13-8-17(14-24(23)32-2)22(15-25(30)28-20-11-9-19(27)10-12-20)29-16-18-6-4-5-7-21(18)26(29)31/h4-14,22H,3,15-16H2,1-2H3,(H,28,30). The molecule has 1 aliphatic heterocycles. The normalized spacial score (nSPS) is 13.4. The number of carbonyl (C=O) groups excluding carboxylic acids is 2. The summed E-state index contributed by atoms with van der Waals surface area (Å²) in [6.07, 6.45) is 0.0221. The predicted octanol–water partition coefficient (Wildman–Crippen LogP) is 4.96. The molecule has 2 amide bonds. The molecule has 0 aromatic heterocycles. The van der Waals surface area contributed by atoms with E-state index in [-0.39, 0.29) is 24.1 Å². The molecule has 170 valence electrons. The molecule has 0 aliphatic carbocycles.